The summed E-state index contributed by atoms with van der Waals surface area (Å²) < 4.78 is 8.47. The minimum absolute atomic E-state index is 1.36. The summed E-state index contributed by atoms with van der Waals surface area (Å²) in [6.45, 7) is 9.08. The normalized spacial score (nSPS) is 12.7. The summed E-state index contributed by atoms with van der Waals surface area (Å²) in [7, 11) is 0. The average Bonchev–Trinajstić information content (AvgIpc) is 2.54. The summed E-state index contributed by atoms with van der Waals surface area (Å²) in [6, 6.07) is 0. The maximum absolute atomic E-state index is 2.69. The van der Waals surface area contributed by atoms with Gasteiger partial charge in [-0.15, -0.1) is 0 Å². The van der Waals surface area contributed by atoms with Gasteiger partial charge in [-0.3, -0.25) is 0 Å². The summed E-state index contributed by atoms with van der Waals surface area (Å²) in [5, 5.41) is 0. The Bertz CT molecular complexity index is 260. The molecule has 0 unspecified atom stereocenters. The minimum atomic E-state index is -2.13. The van der Waals surface area contributed by atoms with Crippen LogP contribution in [0.2, 0.25) is 8.87 Å². The predicted molar refractivity (Wildman–Crippen MR) is 112 cm³/mol. The molecule has 0 spiro atoms. The Morgan fingerprint density at radius 1 is 0.522 bits per heavy atom. The third kappa shape index (κ3) is 13.3. The van der Waals surface area contributed by atoms with Crippen molar-refractivity contribution < 1.29 is 0 Å². The number of rotatable bonds is 16. The van der Waals surface area contributed by atoms with Gasteiger partial charge < -0.3 is 0 Å². The zero-order valence-electron chi connectivity index (χ0n) is 16.7. The van der Waals surface area contributed by atoms with Crippen LogP contribution < -0.4 is 0 Å². The van der Waals surface area contributed by atoms with Crippen molar-refractivity contribution in [2.45, 2.75) is 114 Å². The molecule has 0 aromatic heterocycles. The molecule has 0 aromatic carbocycles. The van der Waals surface area contributed by atoms with Crippen molar-refractivity contribution in [3.05, 3.63) is 20.3 Å². The molecule has 0 bridgehead atoms. The molecule has 0 rings (SSSR count). The SMILES string of the molecule is CC=[CH][Sn]([CH]=CC)([CH2]CCCCCCC)[CH2]CCCCCCC. The van der Waals surface area contributed by atoms with E-state index in [9.17, 15) is 0 Å². The Labute approximate surface area is 152 Å². The van der Waals surface area contributed by atoms with Crippen LogP contribution in [0.4, 0.5) is 0 Å². The summed E-state index contributed by atoms with van der Waals surface area (Å²) in [4.78, 5) is 0. The zero-order valence-corrected chi connectivity index (χ0v) is 19.6. The molecular formula is C22H44Sn. The van der Waals surface area contributed by atoms with Gasteiger partial charge in [-0.05, 0) is 0 Å². The van der Waals surface area contributed by atoms with Crippen molar-refractivity contribution in [1.82, 2.24) is 0 Å². The van der Waals surface area contributed by atoms with Gasteiger partial charge in [-0.1, -0.05) is 0 Å². The van der Waals surface area contributed by atoms with Crippen LogP contribution in [-0.2, 0) is 0 Å². The van der Waals surface area contributed by atoms with E-state index in [-0.39, 0.29) is 0 Å². The number of unbranched alkanes of at least 4 members (excludes halogenated alkanes) is 10. The van der Waals surface area contributed by atoms with Crippen molar-refractivity contribution in [3.63, 3.8) is 0 Å². The van der Waals surface area contributed by atoms with Crippen LogP contribution in [0.15, 0.2) is 20.3 Å². The fraction of sp³-hybridized carbons (Fsp3) is 0.818. The maximum atomic E-state index is 2.69. The Morgan fingerprint density at radius 2 is 0.870 bits per heavy atom. The van der Waals surface area contributed by atoms with Crippen molar-refractivity contribution in [1.29, 1.82) is 0 Å². The molecule has 0 saturated carbocycles. The molecule has 0 aliphatic carbocycles. The van der Waals surface area contributed by atoms with Crippen molar-refractivity contribution >= 4 is 18.4 Å². The Kier molecular flexibility index (Phi) is 17.3. The molecular weight excluding hydrogens is 383 g/mol. The monoisotopic (exact) mass is 428 g/mol. The first kappa shape index (κ1) is 23.3. The fourth-order valence-corrected chi connectivity index (χ4v) is 15.6. The van der Waals surface area contributed by atoms with Gasteiger partial charge in [0.25, 0.3) is 0 Å². The van der Waals surface area contributed by atoms with Gasteiger partial charge in [0.15, 0.2) is 0 Å². The van der Waals surface area contributed by atoms with E-state index in [1.165, 1.54) is 77.0 Å². The summed E-state index contributed by atoms with van der Waals surface area (Å²) >= 11 is -2.13. The van der Waals surface area contributed by atoms with Gasteiger partial charge in [0.05, 0.1) is 0 Å². The fourth-order valence-electron chi connectivity index (χ4n) is 3.65. The molecule has 0 aliphatic rings. The molecule has 0 heterocycles. The molecule has 0 aromatic rings. The molecule has 0 nitrogen and oxygen atoms in total. The molecule has 0 aliphatic heterocycles. The van der Waals surface area contributed by atoms with Crippen molar-refractivity contribution in [2.75, 3.05) is 0 Å². The van der Waals surface area contributed by atoms with Gasteiger partial charge in [-0.2, -0.15) is 0 Å². The average molecular weight is 427 g/mol. The number of hydrogen-bond donors (Lipinski definition) is 0. The van der Waals surface area contributed by atoms with Crippen LogP contribution in [0, 0.1) is 0 Å². The summed E-state index contributed by atoms with van der Waals surface area (Å²) in [5.41, 5.74) is 0. The standard InChI is InChI=1S/2C8H17.2C3H5.Sn/c2*1-3-5-7-8-6-4-2;2*1-3-2;/h2*1,3-8H2,2H3;2*1,3H,2H3;. The van der Waals surface area contributed by atoms with E-state index >= 15 is 0 Å². The van der Waals surface area contributed by atoms with E-state index in [1.807, 2.05) is 0 Å². The van der Waals surface area contributed by atoms with Crippen molar-refractivity contribution in [3.8, 4) is 0 Å². The zero-order chi connectivity index (χ0) is 17.2. The van der Waals surface area contributed by atoms with Gasteiger partial charge in [0.1, 0.15) is 0 Å². The third-order valence-corrected chi connectivity index (χ3v) is 18.0. The summed E-state index contributed by atoms with van der Waals surface area (Å²) in [5.74, 6) is 0. The van der Waals surface area contributed by atoms with E-state index in [0.29, 0.717) is 0 Å². The second kappa shape index (κ2) is 17.1. The first-order valence-electron chi connectivity index (χ1n) is 10.5. The molecule has 0 amide bonds. The van der Waals surface area contributed by atoms with Crippen LogP contribution in [0.1, 0.15) is 105 Å². The van der Waals surface area contributed by atoms with E-state index in [1.54, 1.807) is 8.87 Å². The van der Waals surface area contributed by atoms with Gasteiger partial charge in [0, 0.05) is 0 Å². The first-order valence-corrected chi connectivity index (χ1v) is 17.9. The van der Waals surface area contributed by atoms with Gasteiger partial charge in [0.2, 0.25) is 0 Å². The van der Waals surface area contributed by atoms with Crippen LogP contribution in [0.25, 0.3) is 0 Å². The predicted octanol–water partition coefficient (Wildman–Crippen LogP) is 8.39. The second-order valence-electron chi connectivity index (χ2n) is 7.27. The molecule has 23 heavy (non-hydrogen) atoms. The van der Waals surface area contributed by atoms with E-state index in [4.69, 9.17) is 0 Å². The Hall–Kier alpha value is 0.279. The summed E-state index contributed by atoms with van der Waals surface area (Å²) in [6.07, 6.45) is 22.0. The van der Waals surface area contributed by atoms with Crippen LogP contribution in [0.5, 0.6) is 0 Å². The number of hydrogen-bond acceptors (Lipinski definition) is 0. The molecule has 0 radical (unpaired) electrons. The van der Waals surface area contributed by atoms with Gasteiger partial charge >= 0.3 is 152 Å². The Morgan fingerprint density at radius 3 is 1.22 bits per heavy atom. The second-order valence-corrected chi connectivity index (χ2v) is 19.1. The molecule has 136 valence electrons. The quantitative estimate of drug-likeness (QED) is 0.171. The van der Waals surface area contributed by atoms with E-state index < -0.39 is 18.4 Å². The van der Waals surface area contributed by atoms with Crippen LogP contribution >= 0.6 is 0 Å². The molecule has 0 fully saturated rings. The first-order chi connectivity index (χ1) is 11.2. The van der Waals surface area contributed by atoms with Crippen molar-refractivity contribution in [2.24, 2.45) is 0 Å². The molecule has 0 N–H and O–H groups in total. The van der Waals surface area contributed by atoms with E-state index in [0.717, 1.165) is 0 Å². The Balaban J connectivity index is 4.23. The molecule has 0 atom stereocenters. The van der Waals surface area contributed by atoms with E-state index in [2.05, 4.69) is 48.0 Å². The number of allylic oxidation sites excluding steroid dienone is 2. The third-order valence-electron chi connectivity index (χ3n) is 4.99. The van der Waals surface area contributed by atoms with Crippen LogP contribution in [0.3, 0.4) is 0 Å². The molecule has 0 saturated heterocycles. The van der Waals surface area contributed by atoms with Gasteiger partial charge in [-0.25, -0.2) is 0 Å². The molecule has 1 heteroatoms. The van der Waals surface area contributed by atoms with Crippen LogP contribution in [-0.4, -0.2) is 18.4 Å². The topological polar surface area (TPSA) is 0 Å².